The number of halogens is 6. The number of nitrogens with zero attached hydrogens (tertiary/aromatic N) is 4. The number of aromatic nitrogens is 3. The van der Waals surface area contributed by atoms with E-state index < -0.39 is 77.2 Å². The van der Waals surface area contributed by atoms with Crippen LogP contribution in [-0.4, -0.2) is 45.6 Å². The van der Waals surface area contributed by atoms with E-state index in [9.17, 15) is 18.0 Å². The van der Waals surface area contributed by atoms with Gasteiger partial charge in [0.1, 0.15) is 17.0 Å². The quantitative estimate of drug-likeness (QED) is 0.218. The third-order valence-electron chi connectivity index (χ3n) is 7.85. The minimum absolute atomic E-state index is 0.0733. The Morgan fingerprint density at radius 1 is 1.04 bits per heavy atom. The number of alkyl halides is 6. The molecular formula is C32H35F6N5O4. The summed E-state index contributed by atoms with van der Waals surface area (Å²) in [5, 5.41) is 9.80. The molecule has 0 saturated carbocycles. The number of rotatable bonds is 4. The molecule has 1 N–H and O–H groups in total. The van der Waals surface area contributed by atoms with Crippen molar-refractivity contribution in [3.8, 4) is 11.6 Å². The molecule has 2 atom stereocenters. The monoisotopic (exact) mass is 667 g/mol. The Balaban J connectivity index is 1.69. The maximum absolute atomic E-state index is 15.1. The topological polar surface area (TPSA) is 103 Å². The molecule has 3 aromatic rings. The van der Waals surface area contributed by atoms with Gasteiger partial charge in [0.25, 0.3) is 11.8 Å². The van der Waals surface area contributed by atoms with E-state index in [2.05, 4.69) is 20.5 Å². The van der Waals surface area contributed by atoms with Gasteiger partial charge in [0.2, 0.25) is 5.60 Å². The molecule has 15 heteroatoms. The molecule has 2 aromatic heterocycles. The van der Waals surface area contributed by atoms with Crippen LogP contribution in [0.5, 0.6) is 0 Å². The number of fused-ring (bicyclic) bond motifs is 7. The van der Waals surface area contributed by atoms with Gasteiger partial charge in [0.05, 0.1) is 12.3 Å². The fraction of sp³-hybridized carbons (Fsp3) is 0.500. The molecular weight excluding hydrogens is 632 g/mol. The highest BCUT2D eigenvalue weighted by molar-refractivity contribution is 5.90. The van der Waals surface area contributed by atoms with Gasteiger partial charge >= 0.3 is 18.4 Å². The molecule has 1 saturated heterocycles. The van der Waals surface area contributed by atoms with Crippen molar-refractivity contribution in [3.63, 3.8) is 0 Å². The fourth-order valence-corrected chi connectivity index (χ4v) is 5.68. The van der Waals surface area contributed by atoms with Crippen LogP contribution in [0.4, 0.5) is 42.6 Å². The number of allylic oxidation sites excluding steroid dienone is 2. The van der Waals surface area contributed by atoms with E-state index in [-0.39, 0.29) is 19.0 Å². The van der Waals surface area contributed by atoms with Crippen molar-refractivity contribution in [2.45, 2.75) is 95.5 Å². The van der Waals surface area contributed by atoms with Gasteiger partial charge in [-0.05, 0) is 70.9 Å². The van der Waals surface area contributed by atoms with Gasteiger partial charge in [-0.25, -0.2) is 9.78 Å². The van der Waals surface area contributed by atoms with Crippen LogP contribution in [0.2, 0.25) is 0 Å². The zero-order chi connectivity index (χ0) is 34.0. The minimum Gasteiger partial charge on any atom is -0.444 e. The van der Waals surface area contributed by atoms with Crippen molar-refractivity contribution >= 4 is 17.6 Å². The van der Waals surface area contributed by atoms with Crippen molar-refractivity contribution in [1.82, 2.24) is 15.2 Å². The van der Waals surface area contributed by atoms with Crippen molar-refractivity contribution in [2.24, 2.45) is 0 Å². The summed E-state index contributed by atoms with van der Waals surface area (Å²) < 4.78 is 105. The van der Waals surface area contributed by atoms with Crippen LogP contribution in [-0.2, 0) is 27.9 Å². The first kappa shape index (κ1) is 34.2. The molecule has 5 rings (SSSR count). The molecule has 1 aromatic carbocycles. The molecule has 9 nitrogen and oxygen atoms in total. The number of hydrogen-bond donors (Lipinski definition) is 1. The molecule has 2 aliphatic heterocycles. The zero-order valence-corrected chi connectivity index (χ0v) is 26.0. The van der Waals surface area contributed by atoms with Crippen LogP contribution < -0.4 is 10.2 Å². The lowest BCUT2D eigenvalue weighted by Gasteiger charge is -2.32. The fourth-order valence-electron chi connectivity index (χ4n) is 5.68. The van der Waals surface area contributed by atoms with E-state index in [0.717, 1.165) is 0 Å². The number of amides is 1. The first-order chi connectivity index (χ1) is 22.1. The lowest BCUT2D eigenvalue weighted by Crippen LogP contribution is -2.45. The van der Waals surface area contributed by atoms with Crippen LogP contribution in [0.3, 0.4) is 0 Å². The highest BCUT2D eigenvalue weighted by Gasteiger charge is 2.61. The normalized spacial score (nSPS) is 20.7. The first-order valence-corrected chi connectivity index (χ1v) is 15.2. The highest BCUT2D eigenvalue weighted by atomic mass is 19.4. The highest BCUT2D eigenvalue weighted by Crippen LogP contribution is 2.48. The number of nitrogens with one attached hydrogen (secondary N) is 1. The van der Waals surface area contributed by atoms with Gasteiger partial charge in [-0.2, -0.15) is 26.3 Å². The Bertz CT molecular complexity index is 1590. The third-order valence-corrected chi connectivity index (χ3v) is 7.85. The summed E-state index contributed by atoms with van der Waals surface area (Å²) in [4.78, 5) is 18.6. The lowest BCUT2D eigenvalue weighted by molar-refractivity contribution is -0.299. The molecule has 4 heterocycles. The van der Waals surface area contributed by atoms with Gasteiger partial charge in [0.15, 0.2) is 5.69 Å². The summed E-state index contributed by atoms with van der Waals surface area (Å²) in [7, 11) is 0. The second-order valence-corrected chi connectivity index (χ2v) is 12.5. The number of ether oxygens (including phenoxy) is 2. The third kappa shape index (κ3) is 7.71. The van der Waals surface area contributed by atoms with E-state index in [1.54, 1.807) is 63.3 Å². The molecule has 47 heavy (non-hydrogen) atoms. The van der Waals surface area contributed by atoms with Gasteiger partial charge in [-0.3, -0.25) is 5.32 Å². The predicted octanol–water partition coefficient (Wildman–Crippen LogP) is 8.57. The average molecular weight is 668 g/mol. The number of pyridine rings is 1. The number of benzene rings is 1. The average Bonchev–Trinajstić information content (AvgIpc) is 3.65. The summed E-state index contributed by atoms with van der Waals surface area (Å²) in [6.07, 6.45) is -6.40. The van der Waals surface area contributed by atoms with Crippen LogP contribution in [0.25, 0.3) is 11.6 Å². The van der Waals surface area contributed by atoms with Crippen LogP contribution in [0.1, 0.15) is 76.3 Å². The van der Waals surface area contributed by atoms with Gasteiger partial charge in [0, 0.05) is 12.6 Å². The van der Waals surface area contributed by atoms with Crippen molar-refractivity contribution in [3.05, 3.63) is 65.6 Å². The van der Waals surface area contributed by atoms with Crippen LogP contribution in [0.15, 0.2) is 53.0 Å². The van der Waals surface area contributed by atoms with Gasteiger partial charge in [-0.1, -0.05) is 42.5 Å². The van der Waals surface area contributed by atoms with Crippen LogP contribution in [0, 0.1) is 0 Å². The summed E-state index contributed by atoms with van der Waals surface area (Å²) in [6.45, 7) is 4.49. The molecule has 1 fully saturated rings. The minimum atomic E-state index is -5.05. The summed E-state index contributed by atoms with van der Waals surface area (Å²) >= 11 is 0. The Kier molecular flexibility index (Phi) is 9.58. The first-order valence-electron chi connectivity index (χ1n) is 15.2. The van der Waals surface area contributed by atoms with Crippen molar-refractivity contribution in [2.75, 3.05) is 16.8 Å². The summed E-state index contributed by atoms with van der Waals surface area (Å²) in [5.41, 5.74) is -5.76. The second-order valence-electron chi connectivity index (χ2n) is 12.5. The van der Waals surface area contributed by atoms with Crippen molar-refractivity contribution < 1.29 is 45.0 Å². The number of carbonyl (C=O) groups excluding carboxylic acids is 1. The molecule has 0 aliphatic carbocycles. The van der Waals surface area contributed by atoms with Crippen LogP contribution >= 0.6 is 0 Å². The Morgan fingerprint density at radius 3 is 2.45 bits per heavy atom. The molecule has 1 amide bonds. The Morgan fingerprint density at radius 2 is 1.77 bits per heavy atom. The maximum atomic E-state index is 15.1. The summed E-state index contributed by atoms with van der Waals surface area (Å²) in [5.74, 6) is -2.05. The van der Waals surface area contributed by atoms with Crippen molar-refractivity contribution in [1.29, 1.82) is 0 Å². The van der Waals surface area contributed by atoms with Gasteiger partial charge < -0.3 is 18.8 Å². The Hall–Kier alpha value is -4.14. The molecule has 0 spiro atoms. The van der Waals surface area contributed by atoms with E-state index >= 15 is 13.2 Å². The Labute approximate surface area is 267 Å². The number of anilines is 2. The molecule has 254 valence electrons. The van der Waals surface area contributed by atoms with E-state index in [0.29, 0.717) is 37.3 Å². The lowest BCUT2D eigenvalue weighted by atomic mass is 9.95. The zero-order valence-electron chi connectivity index (χ0n) is 26.0. The predicted molar refractivity (Wildman–Crippen MR) is 159 cm³/mol. The van der Waals surface area contributed by atoms with E-state index in [4.69, 9.17) is 13.9 Å². The second kappa shape index (κ2) is 13.2. The van der Waals surface area contributed by atoms with Gasteiger partial charge in [-0.15, -0.1) is 10.2 Å². The molecule has 4 bridgehead atoms. The number of carbonyl (C=O) groups is 1. The largest absolute Gasteiger partial charge is 0.444 e. The molecule has 2 aliphatic rings. The maximum Gasteiger partial charge on any atom is 0.426 e. The smallest absolute Gasteiger partial charge is 0.426 e. The SMILES string of the molecule is CC(C)(C)OC(=O)Nc1cc(C(F)(F)F)c2nc1-c1nnc(o1)C(OCc1ccccc1)(C(F)(F)F)CCC=CCCC1CCCN21. The standard InChI is InChI=1S/C32H35F6N5O4/c1-29(2,3)47-28(44)39-23-18-22(31(33,34)35)25-40-24(23)26-41-42-27(46-26)30(32(36,37)38,45-19-20-12-7-6-8-13-20)16-10-5-4-9-14-21-15-11-17-43(21)25/h4-8,12-13,18,21H,9-11,14-17,19H2,1-3H3,(H,39,44). The number of hydrogen-bond acceptors (Lipinski definition) is 8. The molecule has 2 unspecified atom stereocenters. The summed E-state index contributed by atoms with van der Waals surface area (Å²) in [6, 6.07) is 8.57. The van der Waals surface area contributed by atoms with E-state index in [1.165, 1.54) is 4.90 Å². The van der Waals surface area contributed by atoms with E-state index in [1.807, 2.05) is 0 Å². The molecule has 0 radical (unpaired) electrons.